The van der Waals surface area contributed by atoms with Crippen LogP contribution in [0.2, 0.25) is 0 Å². The lowest BCUT2D eigenvalue weighted by Gasteiger charge is -2.38. The van der Waals surface area contributed by atoms with Gasteiger partial charge in [-0.05, 0) is 24.3 Å². The molecule has 20 heavy (non-hydrogen) atoms. The van der Waals surface area contributed by atoms with E-state index in [-0.39, 0.29) is 11.1 Å². The van der Waals surface area contributed by atoms with Crippen molar-refractivity contribution in [2.24, 2.45) is 5.41 Å². The number of halogens is 1. The standard InChI is InChI=1S/C13H15FN2O4/c1-13(3-2-4-13)7-15-10-5-8(12(17)18)11(16(19)20)6-9(10)14/h5-6,15H,2-4,7H2,1H3,(H,17,18). The molecule has 108 valence electrons. The number of nitrogens with zero attached hydrogens (tertiary/aromatic N) is 1. The Balaban J connectivity index is 2.27. The molecule has 0 amide bonds. The maximum Gasteiger partial charge on any atom is 0.342 e. The Morgan fingerprint density at radius 2 is 2.20 bits per heavy atom. The SMILES string of the molecule is CC1(CNc2cc(C(=O)O)c([N+](=O)[O-])cc2F)CCC1. The first-order chi connectivity index (χ1) is 9.32. The average molecular weight is 282 g/mol. The largest absolute Gasteiger partial charge is 0.477 e. The molecule has 1 fully saturated rings. The highest BCUT2D eigenvalue weighted by Crippen LogP contribution is 2.40. The van der Waals surface area contributed by atoms with Gasteiger partial charge in [-0.15, -0.1) is 0 Å². The van der Waals surface area contributed by atoms with E-state index in [2.05, 4.69) is 12.2 Å². The summed E-state index contributed by atoms with van der Waals surface area (Å²) in [5.41, 5.74) is -1.19. The van der Waals surface area contributed by atoms with Crippen molar-refractivity contribution in [3.05, 3.63) is 33.6 Å². The summed E-state index contributed by atoms with van der Waals surface area (Å²) in [7, 11) is 0. The van der Waals surface area contributed by atoms with Crippen LogP contribution in [0.25, 0.3) is 0 Å². The van der Waals surface area contributed by atoms with Crippen molar-refractivity contribution in [1.82, 2.24) is 0 Å². The molecule has 2 N–H and O–H groups in total. The Labute approximate surface area is 114 Å². The number of aromatic carboxylic acids is 1. The third kappa shape index (κ3) is 2.71. The van der Waals surface area contributed by atoms with E-state index in [1.807, 2.05) is 0 Å². The van der Waals surface area contributed by atoms with Gasteiger partial charge in [0.2, 0.25) is 0 Å². The van der Waals surface area contributed by atoms with E-state index in [1.165, 1.54) is 0 Å². The van der Waals surface area contributed by atoms with E-state index in [9.17, 15) is 19.3 Å². The maximum absolute atomic E-state index is 13.8. The Kier molecular flexibility index (Phi) is 3.61. The Hall–Kier alpha value is -2.18. The maximum atomic E-state index is 13.8. The van der Waals surface area contributed by atoms with E-state index in [4.69, 9.17) is 5.11 Å². The molecule has 6 nitrogen and oxygen atoms in total. The minimum atomic E-state index is -1.45. The summed E-state index contributed by atoms with van der Waals surface area (Å²) < 4.78 is 13.8. The topological polar surface area (TPSA) is 92.5 Å². The Morgan fingerprint density at radius 1 is 1.55 bits per heavy atom. The average Bonchev–Trinajstić information content (AvgIpc) is 2.34. The molecular weight excluding hydrogens is 267 g/mol. The second-order valence-corrected chi connectivity index (χ2v) is 5.43. The van der Waals surface area contributed by atoms with E-state index in [0.29, 0.717) is 12.6 Å². The van der Waals surface area contributed by atoms with Crippen LogP contribution in [0.5, 0.6) is 0 Å². The van der Waals surface area contributed by atoms with Crippen LogP contribution in [0.3, 0.4) is 0 Å². The van der Waals surface area contributed by atoms with Gasteiger partial charge in [-0.1, -0.05) is 13.3 Å². The summed E-state index contributed by atoms with van der Waals surface area (Å²) in [5.74, 6) is -2.26. The van der Waals surface area contributed by atoms with Gasteiger partial charge in [0, 0.05) is 6.54 Å². The number of carboxylic acid groups (broad SMARTS) is 1. The van der Waals surface area contributed by atoms with Crippen molar-refractivity contribution in [2.75, 3.05) is 11.9 Å². The Morgan fingerprint density at radius 3 is 2.65 bits per heavy atom. The number of nitro groups is 1. The number of nitro benzene ring substituents is 1. The molecule has 1 aromatic rings. The van der Waals surface area contributed by atoms with Gasteiger partial charge in [0.25, 0.3) is 5.69 Å². The molecule has 0 spiro atoms. The highest BCUT2D eigenvalue weighted by Gasteiger charge is 2.32. The predicted octanol–water partition coefficient (Wildman–Crippen LogP) is 3.03. The summed E-state index contributed by atoms with van der Waals surface area (Å²) in [6.07, 6.45) is 3.18. The molecule has 0 bridgehead atoms. The van der Waals surface area contributed by atoms with Crippen LogP contribution in [-0.4, -0.2) is 22.5 Å². The monoisotopic (exact) mass is 282 g/mol. The lowest BCUT2D eigenvalue weighted by Crippen LogP contribution is -2.33. The highest BCUT2D eigenvalue weighted by molar-refractivity contribution is 5.93. The fourth-order valence-corrected chi connectivity index (χ4v) is 2.29. The van der Waals surface area contributed by atoms with Gasteiger partial charge < -0.3 is 10.4 Å². The minimum absolute atomic E-state index is 0.0128. The van der Waals surface area contributed by atoms with Crippen molar-refractivity contribution in [3.63, 3.8) is 0 Å². The van der Waals surface area contributed by atoms with E-state index < -0.39 is 28.0 Å². The molecule has 0 radical (unpaired) electrons. The molecule has 2 rings (SSSR count). The summed E-state index contributed by atoms with van der Waals surface area (Å²) >= 11 is 0. The zero-order valence-corrected chi connectivity index (χ0v) is 11.0. The van der Waals surface area contributed by atoms with Gasteiger partial charge in [-0.2, -0.15) is 0 Å². The molecule has 1 aliphatic rings. The van der Waals surface area contributed by atoms with Crippen molar-refractivity contribution < 1.29 is 19.2 Å². The van der Waals surface area contributed by atoms with Crippen LogP contribution in [0.15, 0.2) is 12.1 Å². The second kappa shape index (κ2) is 5.07. The molecule has 0 aromatic heterocycles. The van der Waals surface area contributed by atoms with E-state index in [1.54, 1.807) is 0 Å². The molecule has 1 aromatic carbocycles. The second-order valence-electron chi connectivity index (χ2n) is 5.43. The van der Waals surface area contributed by atoms with Gasteiger partial charge in [0.1, 0.15) is 5.56 Å². The molecule has 0 saturated heterocycles. The van der Waals surface area contributed by atoms with Gasteiger partial charge in [0.15, 0.2) is 5.82 Å². The predicted molar refractivity (Wildman–Crippen MR) is 70.5 cm³/mol. The van der Waals surface area contributed by atoms with E-state index in [0.717, 1.165) is 25.3 Å². The molecule has 1 saturated carbocycles. The van der Waals surface area contributed by atoms with Crippen LogP contribution in [-0.2, 0) is 0 Å². The summed E-state index contributed by atoms with van der Waals surface area (Å²) in [4.78, 5) is 20.8. The number of hydrogen-bond acceptors (Lipinski definition) is 4. The van der Waals surface area contributed by atoms with Gasteiger partial charge in [0.05, 0.1) is 16.7 Å². The lowest BCUT2D eigenvalue weighted by molar-refractivity contribution is -0.385. The summed E-state index contributed by atoms with van der Waals surface area (Å²) in [6.45, 7) is 2.58. The first-order valence-corrected chi connectivity index (χ1v) is 6.27. The Bertz CT molecular complexity index is 570. The van der Waals surface area contributed by atoms with Crippen molar-refractivity contribution >= 4 is 17.3 Å². The number of benzene rings is 1. The number of nitrogens with one attached hydrogen (secondary N) is 1. The lowest BCUT2D eigenvalue weighted by atomic mass is 9.70. The zero-order valence-electron chi connectivity index (χ0n) is 11.0. The highest BCUT2D eigenvalue weighted by atomic mass is 19.1. The molecule has 7 heteroatoms. The van der Waals surface area contributed by atoms with Gasteiger partial charge in [-0.25, -0.2) is 9.18 Å². The molecule has 0 unspecified atom stereocenters. The number of carbonyl (C=O) groups is 1. The number of carboxylic acids is 1. The van der Waals surface area contributed by atoms with Crippen LogP contribution >= 0.6 is 0 Å². The van der Waals surface area contributed by atoms with Gasteiger partial charge in [-0.3, -0.25) is 10.1 Å². The molecule has 1 aliphatic carbocycles. The number of anilines is 1. The molecule has 0 aliphatic heterocycles. The first-order valence-electron chi connectivity index (χ1n) is 6.27. The number of hydrogen-bond donors (Lipinski definition) is 2. The van der Waals surface area contributed by atoms with Crippen LogP contribution in [0, 0.1) is 21.3 Å². The minimum Gasteiger partial charge on any atom is -0.477 e. The third-order valence-corrected chi connectivity index (χ3v) is 3.78. The van der Waals surface area contributed by atoms with Crippen LogP contribution < -0.4 is 5.32 Å². The van der Waals surface area contributed by atoms with Crippen molar-refractivity contribution in [2.45, 2.75) is 26.2 Å². The van der Waals surface area contributed by atoms with Crippen molar-refractivity contribution in [3.8, 4) is 0 Å². The van der Waals surface area contributed by atoms with E-state index >= 15 is 0 Å². The third-order valence-electron chi connectivity index (χ3n) is 3.78. The number of rotatable bonds is 5. The van der Waals surface area contributed by atoms with Crippen molar-refractivity contribution in [1.29, 1.82) is 0 Å². The normalized spacial score (nSPS) is 16.3. The molecular formula is C13H15FN2O4. The fraction of sp³-hybridized carbons (Fsp3) is 0.462. The van der Waals surface area contributed by atoms with Crippen LogP contribution in [0.4, 0.5) is 15.8 Å². The smallest absolute Gasteiger partial charge is 0.342 e. The quantitative estimate of drug-likeness (QED) is 0.639. The fourth-order valence-electron chi connectivity index (χ4n) is 2.29. The summed E-state index contributed by atoms with van der Waals surface area (Å²) in [6, 6.07) is 1.63. The molecule has 0 atom stereocenters. The molecule has 0 heterocycles. The summed E-state index contributed by atoms with van der Waals surface area (Å²) in [5, 5.41) is 22.5. The first kappa shape index (κ1) is 14.2. The van der Waals surface area contributed by atoms with Crippen LogP contribution in [0.1, 0.15) is 36.5 Å². The van der Waals surface area contributed by atoms with Gasteiger partial charge >= 0.3 is 5.97 Å². The zero-order chi connectivity index (χ0) is 14.9.